The van der Waals surface area contributed by atoms with Crippen LogP contribution in [0.5, 0.6) is 0 Å². The van der Waals surface area contributed by atoms with Crippen LogP contribution in [0.2, 0.25) is 0 Å². The van der Waals surface area contributed by atoms with Crippen LogP contribution in [-0.2, 0) is 9.47 Å². The molecule has 1 saturated heterocycles. The topological polar surface area (TPSA) is 30.5 Å². The van der Waals surface area contributed by atoms with Crippen LogP contribution >= 0.6 is 0 Å². The molecule has 0 aromatic rings. The molecule has 1 N–H and O–H groups in total. The Labute approximate surface area is 125 Å². The standard InChI is InChI=1S/C17H35NO2/c1-5-8-15(4)14-16(18-11-6-2)17(20-7-3)9-12-19-13-10-17/h15-16,18H,5-14H2,1-4H3. The van der Waals surface area contributed by atoms with E-state index in [1.807, 2.05) is 0 Å². The van der Waals surface area contributed by atoms with Gasteiger partial charge in [-0.05, 0) is 32.2 Å². The molecule has 1 heterocycles. The molecular formula is C17H35NO2. The summed E-state index contributed by atoms with van der Waals surface area (Å²) >= 11 is 0. The van der Waals surface area contributed by atoms with E-state index in [1.165, 1.54) is 25.7 Å². The van der Waals surface area contributed by atoms with E-state index in [2.05, 4.69) is 33.0 Å². The maximum absolute atomic E-state index is 6.27. The van der Waals surface area contributed by atoms with Gasteiger partial charge in [-0.3, -0.25) is 0 Å². The van der Waals surface area contributed by atoms with E-state index in [4.69, 9.17) is 9.47 Å². The van der Waals surface area contributed by atoms with Crippen LogP contribution in [-0.4, -0.2) is 38.0 Å². The van der Waals surface area contributed by atoms with Gasteiger partial charge >= 0.3 is 0 Å². The number of hydrogen-bond acceptors (Lipinski definition) is 3. The SMILES string of the molecule is CCCNC(CC(C)CCC)C1(OCC)CCOCC1. The maximum Gasteiger partial charge on any atom is 0.0878 e. The maximum atomic E-state index is 6.27. The number of hydrogen-bond donors (Lipinski definition) is 1. The number of nitrogens with one attached hydrogen (secondary N) is 1. The van der Waals surface area contributed by atoms with Crippen molar-refractivity contribution in [3.8, 4) is 0 Å². The van der Waals surface area contributed by atoms with Crippen LogP contribution in [0.4, 0.5) is 0 Å². The zero-order valence-corrected chi connectivity index (χ0v) is 14.0. The average molecular weight is 285 g/mol. The molecule has 1 rings (SSSR count). The Kier molecular flexibility index (Phi) is 8.74. The molecular weight excluding hydrogens is 250 g/mol. The molecule has 1 aliphatic heterocycles. The fourth-order valence-electron chi connectivity index (χ4n) is 3.41. The predicted octanol–water partition coefficient (Wildman–Crippen LogP) is 3.77. The minimum absolute atomic E-state index is 0.00975. The summed E-state index contributed by atoms with van der Waals surface area (Å²) in [5.74, 6) is 0.759. The van der Waals surface area contributed by atoms with Crippen molar-refractivity contribution in [2.45, 2.75) is 77.9 Å². The molecule has 3 nitrogen and oxygen atoms in total. The van der Waals surface area contributed by atoms with Gasteiger partial charge in [-0.2, -0.15) is 0 Å². The lowest BCUT2D eigenvalue weighted by molar-refractivity contribution is -0.129. The Balaban J connectivity index is 2.74. The molecule has 0 aliphatic carbocycles. The van der Waals surface area contributed by atoms with E-state index < -0.39 is 0 Å². The molecule has 0 bridgehead atoms. The van der Waals surface area contributed by atoms with Gasteiger partial charge in [0.25, 0.3) is 0 Å². The quantitative estimate of drug-likeness (QED) is 0.663. The van der Waals surface area contributed by atoms with Gasteiger partial charge in [-0.25, -0.2) is 0 Å². The molecule has 0 spiro atoms. The summed E-state index contributed by atoms with van der Waals surface area (Å²) in [6.07, 6.45) is 7.03. The van der Waals surface area contributed by atoms with E-state index in [1.54, 1.807) is 0 Å². The third kappa shape index (κ3) is 5.34. The van der Waals surface area contributed by atoms with Crippen LogP contribution in [0, 0.1) is 5.92 Å². The first-order chi connectivity index (χ1) is 9.68. The van der Waals surface area contributed by atoms with Crippen molar-refractivity contribution in [1.82, 2.24) is 5.32 Å². The van der Waals surface area contributed by atoms with Crippen molar-refractivity contribution < 1.29 is 9.47 Å². The van der Waals surface area contributed by atoms with E-state index in [-0.39, 0.29) is 5.60 Å². The molecule has 0 amide bonds. The molecule has 1 aliphatic rings. The lowest BCUT2D eigenvalue weighted by Crippen LogP contribution is -2.56. The van der Waals surface area contributed by atoms with Gasteiger partial charge in [0.2, 0.25) is 0 Å². The van der Waals surface area contributed by atoms with E-state index in [0.29, 0.717) is 6.04 Å². The molecule has 0 aromatic heterocycles. The van der Waals surface area contributed by atoms with Crippen LogP contribution in [0.3, 0.4) is 0 Å². The van der Waals surface area contributed by atoms with Crippen molar-refractivity contribution in [3.05, 3.63) is 0 Å². The largest absolute Gasteiger partial charge is 0.381 e. The predicted molar refractivity (Wildman–Crippen MR) is 85.2 cm³/mol. The smallest absolute Gasteiger partial charge is 0.0878 e. The fourth-order valence-corrected chi connectivity index (χ4v) is 3.41. The molecule has 0 radical (unpaired) electrons. The van der Waals surface area contributed by atoms with Gasteiger partial charge in [0, 0.05) is 38.7 Å². The summed E-state index contributed by atoms with van der Waals surface area (Å²) in [4.78, 5) is 0. The lowest BCUT2D eigenvalue weighted by Gasteiger charge is -2.44. The Morgan fingerprint density at radius 2 is 1.85 bits per heavy atom. The van der Waals surface area contributed by atoms with Crippen molar-refractivity contribution in [1.29, 1.82) is 0 Å². The Morgan fingerprint density at radius 3 is 2.40 bits per heavy atom. The molecule has 0 saturated carbocycles. The van der Waals surface area contributed by atoms with Gasteiger partial charge in [0.1, 0.15) is 0 Å². The van der Waals surface area contributed by atoms with Gasteiger partial charge in [0.05, 0.1) is 5.60 Å². The van der Waals surface area contributed by atoms with Crippen molar-refractivity contribution >= 4 is 0 Å². The van der Waals surface area contributed by atoms with E-state index >= 15 is 0 Å². The Bertz CT molecular complexity index is 234. The number of ether oxygens (including phenoxy) is 2. The molecule has 3 heteroatoms. The first-order valence-electron chi connectivity index (χ1n) is 8.63. The van der Waals surface area contributed by atoms with Gasteiger partial charge < -0.3 is 14.8 Å². The summed E-state index contributed by atoms with van der Waals surface area (Å²) in [5.41, 5.74) is -0.00975. The molecule has 0 aromatic carbocycles. The minimum Gasteiger partial charge on any atom is -0.381 e. The normalized spacial score (nSPS) is 21.6. The van der Waals surface area contributed by atoms with Crippen LogP contribution in [0.25, 0.3) is 0 Å². The number of rotatable bonds is 10. The second-order valence-corrected chi connectivity index (χ2v) is 6.25. The Hall–Kier alpha value is -0.120. The highest BCUT2D eigenvalue weighted by molar-refractivity contribution is 4.95. The molecule has 20 heavy (non-hydrogen) atoms. The highest BCUT2D eigenvalue weighted by Crippen LogP contribution is 2.33. The second-order valence-electron chi connectivity index (χ2n) is 6.25. The van der Waals surface area contributed by atoms with Crippen molar-refractivity contribution in [2.75, 3.05) is 26.4 Å². The van der Waals surface area contributed by atoms with Crippen LogP contribution in [0.15, 0.2) is 0 Å². The molecule has 2 unspecified atom stereocenters. The van der Waals surface area contributed by atoms with Crippen LogP contribution < -0.4 is 5.32 Å². The average Bonchev–Trinajstić information content (AvgIpc) is 2.45. The Morgan fingerprint density at radius 1 is 1.15 bits per heavy atom. The first kappa shape index (κ1) is 17.9. The van der Waals surface area contributed by atoms with Gasteiger partial charge in [-0.15, -0.1) is 0 Å². The van der Waals surface area contributed by atoms with Crippen LogP contribution in [0.1, 0.15) is 66.2 Å². The van der Waals surface area contributed by atoms with E-state index in [9.17, 15) is 0 Å². The monoisotopic (exact) mass is 285 g/mol. The van der Waals surface area contributed by atoms with Gasteiger partial charge in [0.15, 0.2) is 0 Å². The van der Waals surface area contributed by atoms with Crippen molar-refractivity contribution in [2.24, 2.45) is 5.92 Å². The molecule has 2 atom stereocenters. The second kappa shape index (κ2) is 9.75. The van der Waals surface area contributed by atoms with E-state index in [0.717, 1.165) is 45.1 Å². The highest BCUT2D eigenvalue weighted by Gasteiger charge is 2.41. The molecule has 1 fully saturated rings. The lowest BCUT2D eigenvalue weighted by atomic mass is 9.80. The first-order valence-corrected chi connectivity index (χ1v) is 8.63. The summed E-state index contributed by atoms with van der Waals surface area (Å²) in [5, 5.41) is 3.77. The third-order valence-electron chi connectivity index (χ3n) is 4.47. The minimum atomic E-state index is -0.00975. The van der Waals surface area contributed by atoms with Crippen molar-refractivity contribution in [3.63, 3.8) is 0 Å². The fraction of sp³-hybridized carbons (Fsp3) is 1.00. The summed E-state index contributed by atoms with van der Waals surface area (Å²) in [6.45, 7) is 12.6. The zero-order valence-electron chi connectivity index (χ0n) is 14.0. The molecule has 120 valence electrons. The summed E-state index contributed by atoms with van der Waals surface area (Å²) in [6, 6.07) is 0.466. The summed E-state index contributed by atoms with van der Waals surface area (Å²) < 4.78 is 11.8. The summed E-state index contributed by atoms with van der Waals surface area (Å²) in [7, 11) is 0. The van der Waals surface area contributed by atoms with Gasteiger partial charge in [-0.1, -0.05) is 33.6 Å². The highest BCUT2D eigenvalue weighted by atomic mass is 16.5. The third-order valence-corrected chi connectivity index (χ3v) is 4.47. The zero-order chi connectivity index (χ0) is 14.8.